The Hall–Kier alpha value is -2.78. The second-order valence-electron chi connectivity index (χ2n) is 8.75. The van der Waals surface area contributed by atoms with Gasteiger partial charge in [-0.25, -0.2) is 12.9 Å². The van der Waals surface area contributed by atoms with E-state index in [1.807, 2.05) is 21.7 Å². The van der Waals surface area contributed by atoms with Gasteiger partial charge in [-0.1, -0.05) is 11.6 Å². The van der Waals surface area contributed by atoms with Crippen molar-refractivity contribution in [3.05, 3.63) is 58.7 Å². The molecule has 5 rings (SSSR count). The topological polar surface area (TPSA) is 87.0 Å². The van der Waals surface area contributed by atoms with E-state index in [9.17, 15) is 13.2 Å². The molecule has 33 heavy (non-hydrogen) atoms. The molecule has 1 amide bonds. The lowest BCUT2D eigenvalue weighted by molar-refractivity contribution is 0.0612. The number of likely N-dealkylation sites (tertiary alicyclic amines) is 1. The molecule has 0 radical (unpaired) electrons. The number of nitrogens with zero attached hydrogens (tertiary/aromatic N) is 4. The molecule has 3 aromatic rings. The zero-order valence-corrected chi connectivity index (χ0v) is 19.9. The molecule has 10 heteroatoms. The minimum atomic E-state index is -3.55. The Morgan fingerprint density at radius 1 is 1.09 bits per heavy atom. The Labute approximate surface area is 198 Å². The third kappa shape index (κ3) is 4.52. The lowest BCUT2D eigenvalue weighted by atomic mass is 9.96. The summed E-state index contributed by atoms with van der Waals surface area (Å²) in [5, 5.41) is 5.13. The fourth-order valence-corrected chi connectivity index (χ4v) is 5.31. The highest BCUT2D eigenvalue weighted by molar-refractivity contribution is 7.92. The Bertz CT molecular complexity index is 1320. The highest BCUT2D eigenvalue weighted by Gasteiger charge is 2.31. The fraction of sp³-hybridized carbons (Fsp3) is 0.391. The van der Waals surface area contributed by atoms with Gasteiger partial charge in [0, 0.05) is 30.9 Å². The Balaban J connectivity index is 1.48. The number of carbonyl (C=O) groups excluding carboxylic acids is 1. The molecule has 0 bridgehead atoms. The number of aromatic nitrogens is 2. The summed E-state index contributed by atoms with van der Waals surface area (Å²) in [6.45, 7) is 2.65. The number of fused-ring (bicyclic) bond motifs is 1. The maximum atomic E-state index is 13.7. The van der Waals surface area contributed by atoms with Crippen LogP contribution < -0.4 is 9.62 Å². The molecule has 1 aromatic carbocycles. The number of carbonyl (C=O) groups is 1. The monoisotopic (exact) mass is 487 g/mol. The van der Waals surface area contributed by atoms with E-state index in [-0.39, 0.29) is 23.2 Å². The molecule has 174 valence electrons. The molecule has 2 aliphatic rings. The first-order chi connectivity index (χ1) is 15.8. The second kappa shape index (κ2) is 8.53. The predicted octanol–water partition coefficient (Wildman–Crippen LogP) is 3.94. The first kappa shape index (κ1) is 22.0. The molecule has 2 aliphatic heterocycles. The van der Waals surface area contributed by atoms with E-state index >= 15 is 0 Å². The van der Waals surface area contributed by atoms with Crippen molar-refractivity contribution in [2.45, 2.75) is 31.7 Å². The van der Waals surface area contributed by atoms with Gasteiger partial charge >= 0.3 is 0 Å². The quantitative estimate of drug-likeness (QED) is 0.589. The van der Waals surface area contributed by atoms with Gasteiger partial charge in [0.25, 0.3) is 5.91 Å². The molecule has 1 N–H and O–H groups in total. The van der Waals surface area contributed by atoms with Crippen molar-refractivity contribution in [1.29, 1.82) is 0 Å². The highest BCUT2D eigenvalue weighted by Crippen LogP contribution is 2.35. The summed E-state index contributed by atoms with van der Waals surface area (Å²) in [5.74, 6) is 0.723. The van der Waals surface area contributed by atoms with E-state index in [1.54, 1.807) is 6.07 Å². The molecule has 2 aromatic heterocycles. The van der Waals surface area contributed by atoms with E-state index in [0.717, 1.165) is 55.5 Å². The average Bonchev–Trinajstić information content (AvgIpc) is 3.16. The van der Waals surface area contributed by atoms with E-state index in [1.165, 1.54) is 18.6 Å². The molecular weight excluding hydrogens is 462 g/mol. The summed E-state index contributed by atoms with van der Waals surface area (Å²) in [4.78, 5) is 17.7. The van der Waals surface area contributed by atoms with Crippen molar-refractivity contribution in [3.8, 4) is 0 Å². The number of anilines is 2. The van der Waals surface area contributed by atoms with Crippen molar-refractivity contribution < 1.29 is 13.2 Å². The van der Waals surface area contributed by atoms with E-state index < -0.39 is 10.0 Å². The van der Waals surface area contributed by atoms with Crippen LogP contribution in [0.1, 0.15) is 47.6 Å². The maximum Gasteiger partial charge on any atom is 0.256 e. The third-order valence-corrected chi connectivity index (χ3v) is 7.13. The lowest BCUT2D eigenvalue weighted by Gasteiger charge is -2.36. The average molecular weight is 488 g/mol. The van der Waals surface area contributed by atoms with Crippen LogP contribution in [0.15, 0.2) is 42.6 Å². The van der Waals surface area contributed by atoms with Crippen molar-refractivity contribution in [3.63, 3.8) is 0 Å². The summed E-state index contributed by atoms with van der Waals surface area (Å²) < 4.78 is 28.0. The molecule has 2 saturated heterocycles. The van der Waals surface area contributed by atoms with Crippen LogP contribution in [0, 0.1) is 0 Å². The van der Waals surface area contributed by atoms with Crippen LogP contribution in [-0.2, 0) is 10.0 Å². The first-order valence-electron chi connectivity index (χ1n) is 11.1. The molecule has 4 heterocycles. The number of benzene rings is 1. The molecule has 8 nitrogen and oxygen atoms in total. The van der Waals surface area contributed by atoms with Crippen molar-refractivity contribution in [1.82, 2.24) is 14.5 Å². The Morgan fingerprint density at radius 3 is 2.64 bits per heavy atom. The fourth-order valence-electron chi connectivity index (χ4n) is 4.56. The van der Waals surface area contributed by atoms with Crippen LogP contribution in [0.5, 0.6) is 0 Å². The van der Waals surface area contributed by atoms with Gasteiger partial charge < -0.3 is 9.80 Å². The van der Waals surface area contributed by atoms with Gasteiger partial charge in [-0.05, 0) is 67.6 Å². The smallest absolute Gasteiger partial charge is 0.256 e. The predicted molar refractivity (Wildman–Crippen MR) is 130 cm³/mol. The summed E-state index contributed by atoms with van der Waals surface area (Å²) in [6.07, 6.45) is 6.99. The molecular formula is C23H26ClN5O3S. The van der Waals surface area contributed by atoms with Gasteiger partial charge in [0.2, 0.25) is 10.0 Å². The largest absolute Gasteiger partial charge is 0.355 e. The van der Waals surface area contributed by atoms with Gasteiger partial charge in [-0.15, -0.1) is 0 Å². The number of sulfonamides is 1. The summed E-state index contributed by atoms with van der Waals surface area (Å²) in [6, 6.07) is 10.7. The summed E-state index contributed by atoms with van der Waals surface area (Å²) in [7, 11) is -3.55. The van der Waals surface area contributed by atoms with Crippen LogP contribution in [0.3, 0.4) is 0 Å². The number of nitrogens with one attached hydrogen (secondary N) is 1. The summed E-state index contributed by atoms with van der Waals surface area (Å²) in [5.41, 5.74) is 2.49. The van der Waals surface area contributed by atoms with Crippen molar-refractivity contribution in [2.24, 2.45) is 0 Å². The summed E-state index contributed by atoms with van der Waals surface area (Å²) >= 11 is 6.17. The number of amides is 1. The molecule has 0 spiro atoms. The first-order valence-corrected chi connectivity index (χ1v) is 13.4. The zero-order chi connectivity index (χ0) is 23.2. The van der Waals surface area contributed by atoms with Gasteiger partial charge in [0.15, 0.2) is 0 Å². The lowest BCUT2D eigenvalue weighted by Crippen LogP contribution is -2.38. The van der Waals surface area contributed by atoms with Crippen molar-refractivity contribution >= 4 is 44.6 Å². The molecule has 0 unspecified atom stereocenters. The van der Waals surface area contributed by atoms with Crippen LogP contribution in [0.2, 0.25) is 5.02 Å². The minimum Gasteiger partial charge on any atom is -0.355 e. The number of hydrogen-bond acceptors (Lipinski definition) is 5. The Kier molecular flexibility index (Phi) is 5.70. The van der Waals surface area contributed by atoms with Crippen LogP contribution >= 0.6 is 11.6 Å². The molecule has 2 fully saturated rings. The van der Waals surface area contributed by atoms with Crippen molar-refractivity contribution in [2.75, 3.05) is 35.5 Å². The zero-order valence-electron chi connectivity index (χ0n) is 18.4. The van der Waals surface area contributed by atoms with E-state index in [2.05, 4.69) is 21.8 Å². The number of halogens is 1. The van der Waals surface area contributed by atoms with Gasteiger partial charge in [-0.3, -0.25) is 9.52 Å². The van der Waals surface area contributed by atoms with Crippen LogP contribution in [0.25, 0.3) is 5.52 Å². The molecule has 0 saturated carbocycles. The third-order valence-electron chi connectivity index (χ3n) is 6.30. The van der Waals surface area contributed by atoms with Crippen LogP contribution in [0.4, 0.5) is 11.5 Å². The van der Waals surface area contributed by atoms with Gasteiger partial charge in [0.1, 0.15) is 5.82 Å². The second-order valence-corrected chi connectivity index (χ2v) is 10.9. The standard InChI is InChI=1S/C23H26ClN5O3S/c1-33(31,32)26-20-8-6-17(24)14-19(20)23(30)28-12-3-2-5-21(28)16-13-18-7-9-22(25-29(18)15-16)27-10-4-11-27/h6-9,13-15,21,26H,2-5,10-12H2,1H3/t21-/m1/s1. The molecule has 1 atom stereocenters. The number of hydrogen-bond donors (Lipinski definition) is 1. The van der Waals surface area contributed by atoms with Gasteiger partial charge in [0.05, 0.1) is 29.1 Å². The normalized spacial score (nSPS) is 18.9. The minimum absolute atomic E-state index is 0.120. The molecule has 0 aliphatic carbocycles. The highest BCUT2D eigenvalue weighted by atomic mass is 35.5. The van der Waals surface area contributed by atoms with Gasteiger partial charge in [-0.2, -0.15) is 5.10 Å². The van der Waals surface area contributed by atoms with E-state index in [0.29, 0.717) is 11.6 Å². The maximum absolute atomic E-state index is 13.7. The number of piperidine rings is 1. The SMILES string of the molecule is CS(=O)(=O)Nc1ccc(Cl)cc1C(=O)N1CCCC[C@@H]1c1cc2ccc(N3CCC3)nn2c1. The van der Waals surface area contributed by atoms with Crippen LogP contribution in [-0.4, -0.2) is 54.7 Å². The number of rotatable bonds is 5. The van der Waals surface area contributed by atoms with E-state index in [4.69, 9.17) is 16.7 Å². The Morgan fingerprint density at radius 2 is 1.91 bits per heavy atom.